The summed E-state index contributed by atoms with van der Waals surface area (Å²) in [6, 6.07) is 8.76. The van der Waals surface area contributed by atoms with E-state index in [9.17, 15) is 15.2 Å². The highest BCUT2D eigenvalue weighted by molar-refractivity contribution is 5.48. The number of aliphatic hydroxyl groups excluding tert-OH is 1. The molecule has 4 heteroatoms. The molecule has 17 heavy (non-hydrogen) atoms. The predicted molar refractivity (Wildman–Crippen MR) is 67.2 cm³/mol. The average molecular weight is 235 g/mol. The molecule has 0 saturated carbocycles. The molecule has 2 atom stereocenters. The highest BCUT2D eigenvalue weighted by atomic mass is 16.6. The number of nitrogens with zero attached hydrogens (tertiary/aromatic N) is 1. The first kappa shape index (κ1) is 13.4. The van der Waals surface area contributed by atoms with Gasteiger partial charge in [0.1, 0.15) is 6.10 Å². The summed E-state index contributed by atoms with van der Waals surface area (Å²) < 4.78 is 0. The second-order valence-electron chi connectivity index (χ2n) is 3.88. The topological polar surface area (TPSA) is 63.4 Å². The molecule has 1 aromatic rings. The van der Waals surface area contributed by atoms with Crippen molar-refractivity contribution in [1.29, 1.82) is 0 Å². The standard InChI is InChI=1S/C13H17NO3/c1-2-12(14(16)17)13(15)10-6-9-11-7-4-3-5-8-11/h3-9,12-13,15H,2,10H2,1H3/b9-6+/t12-,13+/m1/s1. The summed E-state index contributed by atoms with van der Waals surface area (Å²) in [6.07, 6.45) is 3.35. The molecule has 0 aromatic heterocycles. The molecule has 0 bridgehead atoms. The third kappa shape index (κ3) is 4.36. The van der Waals surface area contributed by atoms with Gasteiger partial charge in [-0.2, -0.15) is 0 Å². The van der Waals surface area contributed by atoms with Crippen LogP contribution in [0.3, 0.4) is 0 Å². The molecule has 0 heterocycles. The number of benzene rings is 1. The molecule has 0 radical (unpaired) electrons. The normalized spacial score (nSPS) is 14.7. The van der Waals surface area contributed by atoms with Crippen LogP contribution in [0.15, 0.2) is 36.4 Å². The van der Waals surface area contributed by atoms with E-state index in [0.717, 1.165) is 5.56 Å². The minimum Gasteiger partial charge on any atom is -0.386 e. The number of aliphatic hydroxyl groups is 1. The minimum absolute atomic E-state index is 0.300. The molecule has 0 aliphatic heterocycles. The van der Waals surface area contributed by atoms with Gasteiger partial charge in [-0.05, 0) is 12.0 Å². The van der Waals surface area contributed by atoms with Crippen LogP contribution in [0.2, 0.25) is 0 Å². The van der Waals surface area contributed by atoms with Crippen LogP contribution in [0.4, 0.5) is 0 Å². The SMILES string of the molecule is CC[C@H]([C@@H](O)C/C=C/c1ccccc1)[N+](=O)[O-]. The van der Waals surface area contributed by atoms with Crippen molar-refractivity contribution in [3.63, 3.8) is 0 Å². The van der Waals surface area contributed by atoms with Crippen LogP contribution in [0.1, 0.15) is 25.3 Å². The van der Waals surface area contributed by atoms with Crippen molar-refractivity contribution in [3.05, 3.63) is 52.1 Å². The van der Waals surface area contributed by atoms with Gasteiger partial charge in [-0.3, -0.25) is 10.1 Å². The van der Waals surface area contributed by atoms with E-state index in [0.29, 0.717) is 12.8 Å². The van der Waals surface area contributed by atoms with Crippen molar-refractivity contribution >= 4 is 6.08 Å². The Hall–Kier alpha value is -1.68. The quantitative estimate of drug-likeness (QED) is 0.608. The maximum Gasteiger partial charge on any atom is 0.238 e. The van der Waals surface area contributed by atoms with Crippen molar-refractivity contribution in [2.24, 2.45) is 0 Å². The number of rotatable bonds is 6. The molecule has 1 N–H and O–H groups in total. The number of nitro groups is 1. The van der Waals surface area contributed by atoms with Gasteiger partial charge in [-0.25, -0.2) is 0 Å². The lowest BCUT2D eigenvalue weighted by Gasteiger charge is -2.12. The predicted octanol–water partition coefficient (Wildman–Crippen LogP) is 2.51. The Balaban J connectivity index is 2.50. The summed E-state index contributed by atoms with van der Waals surface area (Å²) >= 11 is 0. The second kappa shape index (κ2) is 6.81. The van der Waals surface area contributed by atoms with Crippen LogP contribution in [0.25, 0.3) is 6.08 Å². The van der Waals surface area contributed by atoms with E-state index < -0.39 is 17.1 Å². The van der Waals surface area contributed by atoms with E-state index in [2.05, 4.69) is 0 Å². The minimum atomic E-state index is -0.921. The van der Waals surface area contributed by atoms with Crippen molar-refractivity contribution in [2.75, 3.05) is 0 Å². The lowest BCUT2D eigenvalue weighted by atomic mass is 10.1. The third-order valence-electron chi connectivity index (χ3n) is 2.62. The summed E-state index contributed by atoms with van der Waals surface area (Å²) in [7, 11) is 0. The fourth-order valence-corrected chi connectivity index (χ4v) is 1.63. The van der Waals surface area contributed by atoms with E-state index in [1.165, 1.54) is 0 Å². The molecule has 1 aromatic carbocycles. The zero-order valence-electron chi connectivity index (χ0n) is 9.82. The van der Waals surface area contributed by atoms with Gasteiger partial charge in [-0.15, -0.1) is 0 Å². The van der Waals surface area contributed by atoms with Crippen molar-refractivity contribution in [1.82, 2.24) is 0 Å². The van der Waals surface area contributed by atoms with Gasteiger partial charge < -0.3 is 5.11 Å². The first-order valence-electron chi connectivity index (χ1n) is 5.68. The van der Waals surface area contributed by atoms with Gasteiger partial charge in [0.15, 0.2) is 0 Å². The molecule has 0 saturated heterocycles. The Labute approximate surface area is 101 Å². The maximum atomic E-state index is 10.6. The molecule has 4 nitrogen and oxygen atoms in total. The molecule has 0 aliphatic carbocycles. The van der Waals surface area contributed by atoms with E-state index in [1.54, 1.807) is 13.0 Å². The van der Waals surface area contributed by atoms with Crippen molar-refractivity contribution in [3.8, 4) is 0 Å². The summed E-state index contributed by atoms with van der Waals surface area (Å²) in [5.41, 5.74) is 1.02. The molecular formula is C13H17NO3. The van der Waals surface area contributed by atoms with Crippen LogP contribution < -0.4 is 0 Å². The summed E-state index contributed by atoms with van der Waals surface area (Å²) in [4.78, 5) is 10.2. The molecular weight excluding hydrogens is 218 g/mol. The van der Waals surface area contributed by atoms with Crippen LogP contribution in [-0.4, -0.2) is 22.2 Å². The maximum absolute atomic E-state index is 10.6. The Morgan fingerprint density at radius 2 is 2.06 bits per heavy atom. The molecule has 0 unspecified atom stereocenters. The van der Waals surface area contributed by atoms with E-state index in [-0.39, 0.29) is 0 Å². The third-order valence-corrected chi connectivity index (χ3v) is 2.62. The lowest BCUT2D eigenvalue weighted by Crippen LogP contribution is -2.32. The fraction of sp³-hybridized carbons (Fsp3) is 0.385. The zero-order valence-corrected chi connectivity index (χ0v) is 9.82. The van der Waals surface area contributed by atoms with E-state index >= 15 is 0 Å². The Morgan fingerprint density at radius 3 is 2.59 bits per heavy atom. The van der Waals surface area contributed by atoms with Crippen LogP contribution in [-0.2, 0) is 0 Å². The van der Waals surface area contributed by atoms with Crippen LogP contribution >= 0.6 is 0 Å². The lowest BCUT2D eigenvalue weighted by molar-refractivity contribution is -0.534. The first-order valence-corrected chi connectivity index (χ1v) is 5.68. The smallest absolute Gasteiger partial charge is 0.238 e. The van der Waals surface area contributed by atoms with E-state index in [4.69, 9.17) is 0 Å². The molecule has 0 spiro atoms. The summed E-state index contributed by atoms with van der Waals surface area (Å²) in [5.74, 6) is 0. The Morgan fingerprint density at radius 1 is 1.41 bits per heavy atom. The summed E-state index contributed by atoms with van der Waals surface area (Å²) in [6.45, 7) is 1.71. The van der Waals surface area contributed by atoms with Crippen LogP contribution in [0.5, 0.6) is 0 Å². The molecule has 1 rings (SSSR count). The molecule has 0 fully saturated rings. The van der Waals surface area contributed by atoms with Crippen molar-refractivity contribution < 1.29 is 10.0 Å². The molecule has 0 aliphatic rings. The van der Waals surface area contributed by atoms with Gasteiger partial charge in [0.05, 0.1) is 0 Å². The molecule has 0 amide bonds. The van der Waals surface area contributed by atoms with Crippen molar-refractivity contribution in [2.45, 2.75) is 31.9 Å². The zero-order chi connectivity index (χ0) is 12.7. The fourth-order valence-electron chi connectivity index (χ4n) is 1.63. The Bertz CT molecular complexity index is 376. The number of hydrogen-bond donors (Lipinski definition) is 1. The monoisotopic (exact) mass is 235 g/mol. The van der Waals surface area contributed by atoms with Gasteiger partial charge in [0, 0.05) is 11.3 Å². The van der Waals surface area contributed by atoms with Gasteiger partial charge in [0.25, 0.3) is 0 Å². The van der Waals surface area contributed by atoms with Gasteiger partial charge in [0.2, 0.25) is 6.04 Å². The highest BCUT2D eigenvalue weighted by Gasteiger charge is 2.26. The largest absolute Gasteiger partial charge is 0.386 e. The average Bonchev–Trinajstić information content (AvgIpc) is 2.30. The second-order valence-corrected chi connectivity index (χ2v) is 3.88. The van der Waals surface area contributed by atoms with Crippen LogP contribution in [0, 0.1) is 10.1 Å². The van der Waals surface area contributed by atoms with Gasteiger partial charge in [-0.1, -0.05) is 49.4 Å². The highest BCUT2D eigenvalue weighted by Crippen LogP contribution is 2.09. The first-order chi connectivity index (χ1) is 8.15. The molecule has 92 valence electrons. The van der Waals surface area contributed by atoms with E-state index in [1.807, 2.05) is 36.4 Å². The Kier molecular flexibility index (Phi) is 5.36. The number of hydrogen-bond acceptors (Lipinski definition) is 3. The summed E-state index contributed by atoms with van der Waals surface area (Å²) in [5, 5.41) is 20.3. The van der Waals surface area contributed by atoms with Gasteiger partial charge >= 0.3 is 0 Å².